The fraction of sp³-hybridized carbons (Fsp3) is 0.348. The monoisotopic (exact) mass is 469 g/mol. The lowest BCUT2D eigenvalue weighted by Gasteiger charge is -2.29. The lowest BCUT2D eigenvalue weighted by atomic mass is 9.85. The van der Waals surface area contributed by atoms with Crippen LogP contribution in [0.1, 0.15) is 36.9 Å². The summed E-state index contributed by atoms with van der Waals surface area (Å²) >= 11 is 3.24. The molecule has 2 N–H and O–H groups in total. The van der Waals surface area contributed by atoms with Crippen LogP contribution >= 0.6 is 22.7 Å². The van der Waals surface area contributed by atoms with Crippen LogP contribution in [-0.2, 0) is 22.6 Å². The smallest absolute Gasteiger partial charge is 0.231 e. The van der Waals surface area contributed by atoms with Crippen LogP contribution in [0.25, 0.3) is 9.88 Å². The van der Waals surface area contributed by atoms with E-state index in [-0.39, 0.29) is 18.6 Å². The van der Waals surface area contributed by atoms with Gasteiger partial charge < -0.3 is 20.1 Å². The van der Waals surface area contributed by atoms with Gasteiger partial charge in [0.25, 0.3) is 0 Å². The average molecular weight is 470 g/mol. The SMILES string of the molecule is O=C(CCC1(Cc2ccc3c(c2)OCO3)CCC(=O)N1)NCc1csc(-c2cccs2)n1. The standard InChI is InChI=1S/C23H23N3O4S2/c27-20(24-12-16-13-32-22(25-16)19-2-1-9-31-19)5-7-23(8-6-21(28)26-23)11-15-3-4-17-18(10-15)30-14-29-17/h1-4,9-10,13H,5-8,11-12,14H2,(H,24,27)(H,26,28). The molecule has 1 fully saturated rings. The van der Waals surface area contributed by atoms with E-state index in [1.807, 2.05) is 41.1 Å². The molecule has 0 spiro atoms. The Bertz CT molecular complexity index is 1130. The number of hydrogen-bond acceptors (Lipinski definition) is 7. The molecule has 0 bridgehead atoms. The van der Waals surface area contributed by atoms with Crippen LogP contribution < -0.4 is 20.1 Å². The van der Waals surface area contributed by atoms with Gasteiger partial charge in [0.05, 0.1) is 17.1 Å². The van der Waals surface area contributed by atoms with Gasteiger partial charge in [-0.05, 0) is 48.4 Å². The van der Waals surface area contributed by atoms with E-state index >= 15 is 0 Å². The minimum atomic E-state index is -0.422. The third-order valence-electron chi connectivity index (χ3n) is 5.80. The maximum absolute atomic E-state index is 12.6. The van der Waals surface area contributed by atoms with E-state index in [2.05, 4.69) is 15.6 Å². The number of aromatic nitrogens is 1. The van der Waals surface area contributed by atoms with Gasteiger partial charge in [0.15, 0.2) is 11.5 Å². The molecule has 2 aliphatic rings. The van der Waals surface area contributed by atoms with Crippen LogP contribution in [0.4, 0.5) is 0 Å². The van der Waals surface area contributed by atoms with E-state index < -0.39 is 5.54 Å². The molecule has 3 aromatic rings. The summed E-state index contributed by atoms with van der Waals surface area (Å²) in [5.74, 6) is 1.46. The number of amides is 2. The molecule has 166 valence electrons. The van der Waals surface area contributed by atoms with Crippen molar-refractivity contribution in [2.45, 2.75) is 44.2 Å². The Morgan fingerprint density at radius 2 is 2.12 bits per heavy atom. The van der Waals surface area contributed by atoms with Crippen molar-refractivity contribution in [1.29, 1.82) is 0 Å². The second kappa shape index (κ2) is 8.91. The normalized spacial score (nSPS) is 19.2. The maximum Gasteiger partial charge on any atom is 0.231 e. The van der Waals surface area contributed by atoms with E-state index in [4.69, 9.17) is 9.47 Å². The predicted molar refractivity (Wildman–Crippen MR) is 123 cm³/mol. The highest BCUT2D eigenvalue weighted by Gasteiger charge is 2.38. The zero-order valence-electron chi connectivity index (χ0n) is 17.4. The third kappa shape index (κ3) is 4.63. The van der Waals surface area contributed by atoms with Crippen LogP contribution in [0.3, 0.4) is 0 Å². The Hall–Kier alpha value is -2.91. The molecular weight excluding hydrogens is 446 g/mol. The predicted octanol–water partition coefficient (Wildman–Crippen LogP) is 3.89. The summed E-state index contributed by atoms with van der Waals surface area (Å²) in [7, 11) is 0. The molecule has 0 aliphatic carbocycles. The molecule has 4 heterocycles. The van der Waals surface area contributed by atoms with Gasteiger partial charge in [-0.1, -0.05) is 12.1 Å². The first-order valence-electron chi connectivity index (χ1n) is 10.5. The number of thiophene rings is 1. The zero-order valence-corrected chi connectivity index (χ0v) is 19.0. The Morgan fingerprint density at radius 3 is 2.94 bits per heavy atom. The Labute approximate surface area is 193 Å². The number of benzene rings is 1. The van der Waals surface area contributed by atoms with E-state index in [0.717, 1.165) is 32.6 Å². The van der Waals surface area contributed by atoms with Crippen molar-refractivity contribution in [2.24, 2.45) is 0 Å². The fourth-order valence-corrected chi connectivity index (χ4v) is 5.79. The van der Waals surface area contributed by atoms with Gasteiger partial charge in [0, 0.05) is 23.8 Å². The van der Waals surface area contributed by atoms with Crippen LogP contribution in [0.15, 0.2) is 41.1 Å². The first kappa shape index (κ1) is 21.0. The molecule has 1 unspecified atom stereocenters. The zero-order chi connectivity index (χ0) is 22.0. The van der Waals surface area contributed by atoms with Gasteiger partial charge in [-0.15, -0.1) is 22.7 Å². The highest BCUT2D eigenvalue weighted by Crippen LogP contribution is 2.36. The fourth-order valence-electron chi connectivity index (χ4n) is 4.16. The van der Waals surface area contributed by atoms with Crippen LogP contribution in [-0.4, -0.2) is 29.1 Å². The summed E-state index contributed by atoms with van der Waals surface area (Å²) in [6.45, 7) is 0.636. The van der Waals surface area contributed by atoms with Crippen molar-refractivity contribution >= 4 is 34.5 Å². The molecule has 7 nitrogen and oxygen atoms in total. The topological polar surface area (TPSA) is 89.5 Å². The van der Waals surface area contributed by atoms with Crippen molar-refractivity contribution in [3.05, 3.63) is 52.3 Å². The second-order valence-corrected chi connectivity index (χ2v) is 9.90. The van der Waals surface area contributed by atoms with Crippen molar-refractivity contribution < 1.29 is 19.1 Å². The van der Waals surface area contributed by atoms with Crippen molar-refractivity contribution in [3.63, 3.8) is 0 Å². The number of fused-ring (bicyclic) bond motifs is 1. The minimum Gasteiger partial charge on any atom is -0.454 e. The quantitative estimate of drug-likeness (QED) is 0.523. The number of carbonyl (C=O) groups excluding carboxylic acids is 2. The number of rotatable bonds is 8. The van der Waals surface area contributed by atoms with Crippen molar-refractivity contribution in [3.8, 4) is 21.4 Å². The van der Waals surface area contributed by atoms with E-state index in [1.165, 1.54) is 0 Å². The lowest BCUT2D eigenvalue weighted by molar-refractivity contribution is -0.122. The highest BCUT2D eigenvalue weighted by molar-refractivity contribution is 7.20. The molecule has 0 saturated carbocycles. The molecule has 1 aromatic carbocycles. The van der Waals surface area contributed by atoms with Crippen LogP contribution in [0.2, 0.25) is 0 Å². The van der Waals surface area contributed by atoms with Crippen molar-refractivity contribution in [1.82, 2.24) is 15.6 Å². The molecule has 5 rings (SSSR count). The van der Waals surface area contributed by atoms with Gasteiger partial charge in [-0.3, -0.25) is 9.59 Å². The van der Waals surface area contributed by atoms with Crippen LogP contribution in [0, 0.1) is 0 Å². The molecule has 0 radical (unpaired) electrons. The number of nitrogens with one attached hydrogen (secondary N) is 2. The molecule has 2 amide bonds. The summed E-state index contributed by atoms with van der Waals surface area (Å²) in [5.41, 5.74) is 1.49. The Balaban J connectivity index is 1.17. The second-order valence-electron chi connectivity index (χ2n) is 8.09. The van der Waals surface area contributed by atoms with Gasteiger partial charge in [0.2, 0.25) is 18.6 Å². The minimum absolute atomic E-state index is 0.0368. The highest BCUT2D eigenvalue weighted by atomic mass is 32.1. The lowest BCUT2D eigenvalue weighted by Crippen LogP contribution is -2.44. The van der Waals surface area contributed by atoms with Crippen molar-refractivity contribution in [2.75, 3.05) is 6.79 Å². The number of nitrogens with zero attached hydrogens (tertiary/aromatic N) is 1. The molecule has 1 saturated heterocycles. The molecule has 2 aromatic heterocycles. The molecule has 2 aliphatic heterocycles. The maximum atomic E-state index is 12.6. The summed E-state index contributed by atoms with van der Waals surface area (Å²) in [4.78, 5) is 30.3. The van der Waals surface area contributed by atoms with Gasteiger partial charge in [-0.25, -0.2) is 4.98 Å². The molecular formula is C23H23N3O4S2. The summed E-state index contributed by atoms with van der Waals surface area (Å²) in [5, 5.41) is 11.1. The van der Waals surface area contributed by atoms with Gasteiger partial charge in [-0.2, -0.15) is 0 Å². The summed E-state index contributed by atoms with van der Waals surface area (Å²) in [6, 6.07) is 9.90. The first-order chi connectivity index (χ1) is 15.6. The van der Waals surface area contributed by atoms with E-state index in [1.54, 1.807) is 22.7 Å². The summed E-state index contributed by atoms with van der Waals surface area (Å²) in [6.07, 6.45) is 2.77. The number of thiazole rings is 1. The third-order valence-corrected chi connectivity index (χ3v) is 7.73. The molecule has 32 heavy (non-hydrogen) atoms. The largest absolute Gasteiger partial charge is 0.454 e. The number of hydrogen-bond donors (Lipinski definition) is 2. The average Bonchev–Trinajstić information content (AvgIpc) is 3.58. The summed E-state index contributed by atoms with van der Waals surface area (Å²) < 4.78 is 10.9. The van der Waals surface area contributed by atoms with Gasteiger partial charge >= 0.3 is 0 Å². The van der Waals surface area contributed by atoms with Crippen LogP contribution in [0.5, 0.6) is 11.5 Å². The Morgan fingerprint density at radius 1 is 1.22 bits per heavy atom. The Kier molecular flexibility index (Phi) is 5.84. The first-order valence-corrected chi connectivity index (χ1v) is 12.3. The molecule has 1 atom stereocenters. The molecule has 9 heteroatoms. The van der Waals surface area contributed by atoms with E-state index in [9.17, 15) is 9.59 Å². The van der Waals surface area contributed by atoms with E-state index in [0.29, 0.717) is 38.6 Å². The van der Waals surface area contributed by atoms with Gasteiger partial charge in [0.1, 0.15) is 5.01 Å². The number of carbonyl (C=O) groups is 2. The number of ether oxygens (including phenoxy) is 2.